The van der Waals surface area contributed by atoms with Gasteiger partial charge in [0.05, 0.1) is 40.7 Å². The Labute approximate surface area is 209 Å². The van der Waals surface area contributed by atoms with Crippen molar-refractivity contribution in [1.29, 1.82) is 5.26 Å². The summed E-state index contributed by atoms with van der Waals surface area (Å²) in [5, 5.41) is 12.5. The lowest BCUT2D eigenvalue weighted by Crippen LogP contribution is -2.23. The number of fused-ring (bicyclic) bond motifs is 1. The summed E-state index contributed by atoms with van der Waals surface area (Å²) in [6.07, 6.45) is 8.53. The van der Waals surface area contributed by atoms with Crippen LogP contribution in [0.5, 0.6) is 0 Å². The average molecular weight is 479 g/mol. The maximum absolute atomic E-state index is 11.6. The fraction of sp³-hybridized carbons (Fsp3) is 0.321. The Balaban J connectivity index is 1.37. The van der Waals surface area contributed by atoms with Crippen molar-refractivity contribution in [2.75, 3.05) is 5.32 Å². The summed E-state index contributed by atoms with van der Waals surface area (Å²) in [6.45, 7) is 1.47. The molecule has 2 fully saturated rings. The molecule has 4 aromatic rings. The Kier molecular flexibility index (Phi) is 5.61. The molecule has 6 rings (SSSR count). The van der Waals surface area contributed by atoms with Crippen molar-refractivity contribution in [3.05, 3.63) is 66.1 Å². The van der Waals surface area contributed by atoms with Gasteiger partial charge in [0.15, 0.2) is 0 Å². The molecule has 0 amide bonds. The summed E-state index contributed by atoms with van der Waals surface area (Å²) < 4.78 is 7.77. The largest absolute Gasteiger partial charge is 0.460 e. The number of ether oxygens (including phenoxy) is 1. The number of pyridine rings is 2. The number of carbonyl (C=O) groups is 1. The molecule has 8 nitrogen and oxygen atoms in total. The second-order valence-electron chi connectivity index (χ2n) is 9.61. The summed E-state index contributed by atoms with van der Waals surface area (Å²) in [6, 6.07) is 16.1. The van der Waals surface area contributed by atoms with Gasteiger partial charge in [-0.1, -0.05) is 6.07 Å². The minimum Gasteiger partial charge on any atom is -0.460 e. The van der Waals surface area contributed by atoms with Crippen molar-refractivity contribution in [2.45, 2.75) is 57.1 Å². The van der Waals surface area contributed by atoms with E-state index in [1.165, 1.54) is 25.3 Å². The molecule has 180 valence electrons. The number of benzene rings is 1. The number of carbonyl (C=O) groups excluding carboxylic acids is 1. The van der Waals surface area contributed by atoms with Crippen molar-refractivity contribution in [1.82, 2.24) is 19.5 Å². The van der Waals surface area contributed by atoms with Crippen LogP contribution in [0.25, 0.3) is 22.3 Å². The molecule has 1 N–H and O–H groups in total. The highest BCUT2D eigenvalue weighted by molar-refractivity contribution is 5.82. The van der Waals surface area contributed by atoms with Crippen LogP contribution in [0.1, 0.15) is 62.1 Å². The second kappa shape index (κ2) is 9.08. The average Bonchev–Trinajstić information content (AvgIpc) is 3.51. The molecule has 0 aliphatic heterocycles. The van der Waals surface area contributed by atoms with Crippen LogP contribution in [0.4, 0.5) is 11.6 Å². The molecule has 0 saturated heterocycles. The van der Waals surface area contributed by atoms with E-state index in [-0.39, 0.29) is 18.1 Å². The van der Waals surface area contributed by atoms with E-state index in [0.29, 0.717) is 23.1 Å². The number of anilines is 2. The number of imidazole rings is 1. The maximum atomic E-state index is 11.6. The first-order valence-electron chi connectivity index (χ1n) is 12.4. The molecule has 0 spiro atoms. The number of hydrogen-bond acceptors (Lipinski definition) is 7. The Hall–Kier alpha value is -4.25. The molecule has 1 aromatic carbocycles. The third-order valence-corrected chi connectivity index (χ3v) is 7.00. The van der Waals surface area contributed by atoms with Gasteiger partial charge >= 0.3 is 5.97 Å². The van der Waals surface area contributed by atoms with Gasteiger partial charge in [-0.3, -0.25) is 4.79 Å². The summed E-state index contributed by atoms with van der Waals surface area (Å²) in [5.41, 5.74) is 5.57. The van der Waals surface area contributed by atoms with Crippen molar-refractivity contribution in [3.63, 3.8) is 0 Å². The van der Waals surface area contributed by atoms with Crippen LogP contribution < -0.4 is 5.32 Å². The molecular weight excluding hydrogens is 452 g/mol. The van der Waals surface area contributed by atoms with E-state index in [4.69, 9.17) is 9.72 Å². The highest BCUT2D eigenvalue weighted by atomic mass is 16.5. The Morgan fingerprint density at radius 2 is 1.97 bits per heavy atom. The normalized spacial score (nSPS) is 19.2. The van der Waals surface area contributed by atoms with Crippen LogP contribution in [0.15, 0.2) is 55.0 Å². The molecule has 8 heteroatoms. The number of aromatic nitrogens is 4. The minimum atomic E-state index is -0.243. The number of esters is 1. The lowest BCUT2D eigenvalue weighted by atomic mass is 10.1. The number of nitrogens with zero attached hydrogens (tertiary/aromatic N) is 5. The van der Waals surface area contributed by atoms with E-state index in [0.717, 1.165) is 41.6 Å². The van der Waals surface area contributed by atoms with E-state index < -0.39 is 0 Å². The number of nitriles is 1. The SMILES string of the molecule is CC(=O)O[C@H]1CCC[C@@H]1n1cnc2ccc(-c3cc(C4CC4)cc(Nc4cc(C#N)ccn4)n3)cc21. The molecule has 36 heavy (non-hydrogen) atoms. The molecular formula is C28H26N6O2. The van der Waals surface area contributed by atoms with Gasteiger partial charge in [0.25, 0.3) is 0 Å². The van der Waals surface area contributed by atoms with Gasteiger partial charge in [-0.05, 0) is 80.0 Å². The zero-order valence-corrected chi connectivity index (χ0v) is 20.0. The first-order valence-corrected chi connectivity index (χ1v) is 12.4. The van der Waals surface area contributed by atoms with Crippen LogP contribution in [0.2, 0.25) is 0 Å². The van der Waals surface area contributed by atoms with Gasteiger partial charge in [0.1, 0.15) is 17.7 Å². The van der Waals surface area contributed by atoms with Crippen molar-refractivity contribution >= 4 is 28.6 Å². The fourth-order valence-corrected chi connectivity index (χ4v) is 5.14. The fourth-order valence-electron chi connectivity index (χ4n) is 5.14. The second-order valence-corrected chi connectivity index (χ2v) is 9.61. The number of nitrogens with one attached hydrogen (secondary N) is 1. The van der Waals surface area contributed by atoms with Crippen LogP contribution in [0.3, 0.4) is 0 Å². The van der Waals surface area contributed by atoms with Gasteiger partial charge in [-0.2, -0.15) is 5.26 Å². The topological polar surface area (TPSA) is 106 Å². The van der Waals surface area contributed by atoms with E-state index in [2.05, 4.69) is 50.2 Å². The molecule has 3 aromatic heterocycles. The van der Waals surface area contributed by atoms with Crippen molar-refractivity contribution in [2.24, 2.45) is 0 Å². The van der Waals surface area contributed by atoms with Gasteiger partial charge in [-0.15, -0.1) is 0 Å². The Bertz CT molecular complexity index is 1500. The van der Waals surface area contributed by atoms with Crippen LogP contribution in [-0.2, 0) is 9.53 Å². The predicted octanol–water partition coefficient (Wildman–Crippen LogP) is 5.64. The first kappa shape index (κ1) is 22.2. The first-order chi connectivity index (χ1) is 17.6. The molecule has 3 heterocycles. The van der Waals surface area contributed by atoms with E-state index in [1.807, 2.05) is 12.4 Å². The molecule has 2 atom stereocenters. The highest BCUT2D eigenvalue weighted by Crippen LogP contribution is 2.42. The molecule has 2 aliphatic rings. The van der Waals surface area contributed by atoms with Crippen LogP contribution in [0, 0.1) is 11.3 Å². The monoisotopic (exact) mass is 478 g/mol. The summed E-state index contributed by atoms with van der Waals surface area (Å²) in [5.74, 6) is 1.60. The molecule has 2 saturated carbocycles. The summed E-state index contributed by atoms with van der Waals surface area (Å²) in [4.78, 5) is 25.5. The lowest BCUT2D eigenvalue weighted by Gasteiger charge is -2.21. The van der Waals surface area contributed by atoms with Gasteiger partial charge in [-0.25, -0.2) is 15.0 Å². The van der Waals surface area contributed by atoms with Crippen LogP contribution >= 0.6 is 0 Å². The standard InChI is InChI=1S/C28H26N6O2/c1-17(35)36-26-4-2-3-24(26)34-16-31-22-8-7-20(13-25(22)34)23-12-21(19-5-6-19)14-28(32-23)33-27-11-18(15-29)9-10-30-27/h7-14,16,19,24,26H,2-6H2,1H3,(H,30,32,33)/t24-,26-/m0/s1. The zero-order valence-electron chi connectivity index (χ0n) is 20.0. The lowest BCUT2D eigenvalue weighted by molar-refractivity contribution is -0.147. The molecule has 0 radical (unpaired) electrons. The quantitative estimate of drug-likeness (QED) is 0.357. The van der Waals surface area contributed by atoms with Crippen LogP contribution in [-0.4, -0.2) is 31.6 Å². The number of hydrogen-bond donors (Lipinski definition) is 1. The smallest absolute Gasteiger partial charge is 0.302 e. The molecule has 0 bridgehead atoms. The summed E-state index contributed by atoms with van der Waals surface area (Å²) in [7, 11) is 0. The third kappa shape index (κ3) is 4.40. The molecule has 0 unspecified atom stereocenters. The Morgan fingerprint density at radius 1 is 1.08 bits per heavy atom. The zero-order chi connectivity index (χ0) is 24.6. The third-order valence-electron chi connectivity index (χ3n) is 7.00. The minimum absolute atomic E-state index is 0.0793. The Morgan fingerprint density at radius 3 is 2.78 bits per heavy atom. The predicted molar refractivity (Wildman–Crippen MR) is 136 cm³/mol. The van der Waals surface area contributed by atoms with Gasteiger partial charge in [0, 0.05) is 18.7 Å². The van der Waals surface area contributed by atoms with E-state index >= 15 is 0 Å². The summed E-state index contributed by atoms with van der Waals surface area (Å²) >= 11 is 0. The maximum Gasteiger partial charge on any atom is 0.302 e. The highest BCUT2D eigenvalue weighted by Gasteiger charge is 2.32. The molecule has 2 aliphatic carbocycles. The van der Waals surface area contributed by atoms with Crippen molar-refractivity contribution < 1.29 is 9.53 Å². The van der Waals surface area contributed by atoms with E-state index in [9.17, 15) is 10.1 Å². The van der Waals surface area contributed by atoms with E-state index in [1.54, 1.807) is 18.3 Å². The van der Waals surface area contributed by atoms with Crippen molar-refractivity contribution in [3.8, 4) is 17.3 Å². The van der Waals surface area contributed by atoms with Gasteiger partial charge in [0.2, 0.25) is 0 Å². The number of rotatable bonds is 6. The van der Waals surface area contributed by atoms with Gasteiger partial charge < -0.3 is 14.6 Å².